The van der Waals surface area contributed by atoms with Crippen molar-refractivity contribution in [3.05, 3.63) is 0 Å². The zero-order valence-electron chi connectivity index (χ0n) is 11.0. The zero-order chi connectivity index (χ0) is 11.4. The van der Waals surface area contributed by atoms with E-state index in [1.54, 1.807) is 0 Å². The number of nitrogens with zero attached hydrogens (tertiary/aromatic N) is 1. The first-order valence-electron chi connectivity index (χ1n) is 7.07. The van der Waals surface area contributed by atoms with E-state index in [2.05, 4.69) is 18.7 Å². The molecule has 2 heteroatoms. The van der Waals surface area contributed by atoms with Gasteiger partial charge in [0, 0.05) is 19.2 Å². The van der Waals surface area contributed by atoms with Crippen molar-refractivity contribution in [1.29, 1.82) is 0 Å². The minimum Gasteiger partial charge on any atom is -0.381 e. The highest BCUT2D eigenvalue weighted by molar-refractivity contribution is 4.82. The SMILES string of the molecule is CC(C)CC[C@H]1CCCN1C[C@@H]1CCOC1. The van der Waals surface area contributed by atoms with E-state index < -0.39 is 0 Å². The molecule has 0 spiro atoms. The Hall–Kier alpha value is -0.0800. The van der Waals surface area contributed by atoms with Gasteiger partial charge in [-0.2, -0.15) is 0 Å². The maximum Gasteiger partial charge on any atom is 0.0507 e. The van der Waals surface area contributed by atoms with E-state index in [4.69, 9.17) is 4.74 Å². The zero-order valence-corrected chi connectivity index (χ0v) is 11.0. The predicted molar refractivity (Wildman–Crippen MR) is 67.6 cm³/mol. The number of likely N-dealkylation sites (tertiary alicyclic amines) is 1. The molecule has 2 heterocycles. The monoisotopic (exact) mass is 225 g/mol. The van der Waals surface area contributed by atoms with Crippen LogP contribution in [0.5, 0.6) is 0 Å². The minimum atomic E-state index is 0.819. The molecule has 0 unspecified atom stereocenters. The molecular weight excluding hydrogens is 198 g/mol. The second-order valence-electron chi connectivity index (χ2n) is 5.99. The lowest BCUT2D eigenvalue weighted by molar-refractivity contribution is 0.158. The molecule has 0 aromatic heterocycles. The highest BCUT2D eigenvalue weighted by Gasteiger charge is 2.27. The van der Waals surface area contributed by atoms with Crippen molar-refractivity contribution >= 4 is 0 Å². The van der Waals surface area contributed by atoms with E-state index in [9.17, 15) is 0 Å². The molecule has 0 amide bonds. The molecule has 0 N–H and O–H groups in total. The molecule has 0 radical (unpaired) electrons. The lowest BCUT2D eigenvalue weighted by Crippen LogP contribution is -2.34. The summed E-state index contributed by atoms with van der Waals surface area (Å²) in [6.45, 7) is 9.30. The molecular formula is C14H27NO. The summed E-state index contributed by atoms with van der Waals surface area (Å²) in [6.07, 6.45) is 6.93. The molecule has 2 aliphatic heterocycles. The van der Waals surface area contributed by atoms with E-state index in [1.807, 2.05) is 0 Å². The van der Waals surface area contributed by atoms with Crippen LogP contribution in [-0.4, -0.2) is 37.2 Å². The van der Waals surface area contributed by atoms with Crippen LogP contribution in [0.2, 0.25) is 0 Å². The Bertz CT molecular complexity index is 199. The van der Waals surface area contributed by atoms with Gasteiger partial charge in [-0.15, -0.1) is 0 Å². The predicted octanol–water partition coefficient (Wildman–Crippen LogP) is 2.92. The van der Waals surface area contributed by atoms with Crippen molar-refractivity contribution in [3.8, 4) is 0 Å². The van der Waals surface area contributed by atoms with Gasteiger partial charge >= 0.3 is 0 Å². The van der Waals surface area contributed by atoms with Crippen LogP contribution in [0.15, 0.2) is 0 Å². The molecule has 2 nitrogen and oxygen atoms in total. The summed E-state index contributed by atoms with van der Waals surface area (Å²) in [6, 6.07) is 0.878. The highest BCUT2D eigenvalue weighted by Crippen LogP contribution is 2.25. The van der Waals surface area contributed by atoms with Crippen LogP contribution in [0.4, 0.5) is 0 Å². The van der Waals surface area contributed by atoms with Gasteiger partial charge in [0.2, 0.25) is 0 Å². The summed E-state index contributed by atoms with van der Waals surface area (Å²) in [5, 5.41) is 0. The van der Waals surface area contributed by atoms with Crippen molar-refractivity contribution in [3.63, 3.8) is 0 Å². The van der Waals surface area contributed by atoms with Gasteiger partial charge in [0.25, 0.3) is 0 Å². The first-order valence-corrected chi connectivity index (χ1v) is 7.07. The average Bonchev–Trinajstić information content (AvgIpc) is 2.87. The largest absolute Gasteiger partial charge is 0.381 e. The van der Waals surface area contributed by atoms with Gasteiger partial charge in [-0.05, 0) is 50.5 Å². The van der Waals surface area contributed by atoms with Gasteiger partial charge in [-0.25, -0.2) is 0 Å². The number of hydrogen-bond acceptors (Lipinski definition) is 2. The quantitative estimate of drug-likeness (QED) is 0.713. The molecule has 2 atom stereocenters. The fourth-order valence-electron chi connectivity index (χ4n) is 3.05. The fraction of sp³-hybridized carbons (Fsp3) is 1.00. The molecule has 94 valence electrons. The second kappa shape index (κ2) is 6.02. The Balaban J connectivity index is 1.73. The van der Waals surface area contributed by atoms with E-state index in [1.165, 1.54) is 45.2 Å². The van der Waals surface area contributed by atoms with Crippen molar-refractivity contribution in [2.75, 3.05) is 26.3 Å². The first kappa shape index (κ1) is 12.4. The molecule has 16 heavy (non-hydrogen) atoms. The molecule has 0 aromatic carbocycles. The van der Waals surface area contributed by atoms with Crippen molar-refractivity contribution in [2.24, 2.45) is 11.8 Å². The molecule has 0 bridgehead atoms. The maximum atomic E-state index is 5.47. The van der Waals surface area contributed by atoms with Crippen LogP contribution in [0, 0.1) is 11.8 Å². The standard InChI is InChI=1S/C14H27NO/c1-12(2)5-6-14-4-3-8-15(14)10-13-7-9-16-11-13/h12-14H,3-11H2,1-2H3/t13-,14+/m0/s1. The Morgan fingerprint density at radius 2 is 2.19 bits per heavy atom. The molecule has 0 aliphatic carbocycles. The smallest absolute Gasteiger partial charge is 0.0507 e. The fourth-order valence-corrected chi connectivity index (χ4v) is 3.05. The van der Waals surface area contributed by atoms with E-state index >= 15 is 0 Å². The van der Waals surface area contributed by atoms with Gasteiger partial charge in [-0.1, -0.05) is 13.8 Å². The summed E-state index contributed by atoms with van der Waals surface area (Å²) in [7, 11) is 0. The van der Waals surface area contributed by atoms with Gasteiger partial charge < -0.3 is 9.64 Å². The first-order chi connectivity index (χ1) is 7.75. The number of hydrogen-bond donors (Lipinski definition) is 0. The normalized spacial score (nSPS) is 31.7. The van der Waals surface area contributed by atoms with Crippen molar-refractivity contribution in [1.82, 2.24) is 4.90 Å². The lowest BCUT2D eigenvalue weighted by Gasteiger charge is -2.27. The third-order valence-corrected chi connectivity index (χ3v) is 4.09. The second-order valence-corrected chi connectivity index (χ2v) is 5.99. The topological polar surface area (TPSA) is 12.5 Å². The molecule has 2 aliphatic rings. The van der Waals surface area contributed by atoms with Gasteiger partial charge in [-0.3, -0.25) is 0 Å². The Morgan fingerprint density at radius 1 is 1.31 bits per heavy atom. The third-order valence-electron chi connectivity index (χ3n) is 4.09. The summed E-state index contributed by atoms with van der Waals surface area (Å²) in [4.78, 5) is 2.74. The third kappa shape index (κ3) is 3.46. The van der Waals surface area contributed by atoms with Crippen LogP contribution in [0.3, 0.4) is 0 Å². The van der Waals surface area contributed by atoms with E-state index in [0.29, 0.717) is 0 Å². The summed E-state index contributed by atoms with van der Waals surface area (Å²) in [5.74, 6) is 1.68. The van der Waals surface area contributed by atoms with Crippen LogP contribution in [-0.2, 0) is 4.74 Å². The van der Waals surface area contributed by atoms with Crippen LogP contribution >= 0.6 is 0 Å². The van der Waals surface area contributed by atoms with Crippen LogP contribution in [0.1, 0.15) is 46.0 Å². The highest BCUT2D eigenvalue weighted by atomic mass is 16.5. The molecule has 0 saturated carbocycles. The van der Waals surface area contributed by atoms with Gasteiger partial charge in [0.15, 0.2) is 0 Å². The lowest BCUT2D eigenvalue weighted by atomic mass is 10.0. The average molecular weight is 225 g/mol. The molecule has 2 saturated heterocycles. The number of rotatable bonds is 5. The van der Waals surface area contributed by atoms with E-state index in [-0.39, 0.29) is 0 Å². The van der Waals surface area contributed by atoms with Crippen molar-refractivity contribution < 1.29 is 4.74 Å². The van der Waals surface area contributed by atoms with Crippen LogP contribution in [0.25, 0.3) is 0 Å². The molecule has 2 rings (SSSR count). The molecule has 0 aromatic rings. The van der Waals surface area contributed by atoms with E-state index in [0.717, 1.165) is 31.1 Å². The number of ether oxygens (including phenoxy) is 1. The summed E-state index contributed by atoms with van der Waals surface area (Å²) >= 11 is 0. The van der Waals surface area contributed by atoms with Crippen molar-refractivity contribution in [2.45, 2.75) is 52.0 Å². The van der Waals surface area contributed by atoms with Crippen LogP contribution < -0.4 is 0 Å². The van der Waals surface area contributed by atoms with Gasteiger partial charge in [0.1, 0.15) is 0 Å². The Kier molecular flexibility index (Phi) is 4.66. The minimum absolute atomic E-state index is 0.819. The van der Waals surface area contributed by atoms with Gasteiger partial charge in [0.05, 0.1) is 6.61 Å². The Labute approximate surface area is 100 Å². The molecule has 2 fully saturated rings. The Morgan fingerprint density at radius 3 is 2.88 bits per heavy atom. The maximum absolute atomic E-state index is 5.47. The summed E-state index contributed by atoms with van der Waals surface area (Å²) < 4.78 is 5.47. The summed E-state index contributed by atoms with van der Waals surface area (Å²) in [5.41, 5.74) is 0.